The zero-order valence-electron chi connectivity index (χ0n) is 15.7. The maximum absolute atomic E-state index is 13.8. The van der Waals surface area contributed by atoms with Crippen molar-refractivity contribution in [3.05, 3.63) is 57.0 Å². The topological polar surface area (TPSA) is 49.9 Å². The molecule has 148 valence electrons. The minimum atomic E-state index is -0.411. The maximum Gasteiger partial charge on any atom is 0.348 e. The molecule has 0 unspecified atom stereocenters. The molecule has 0 N–H and O–H groups in total. The third-order valence-corrected chi connectivity index (χ3v) is 6.57. The van der Waals surface area contributed by atoms with Crippen LogP contribution in [-0.4, -0.2) is 54.5 Å². The Morgan fingerprint density at radius 2 is 1.89 bits per heavy atom. The summed E-state index contributed by atoms with van der Waals surface area (Å²) in [7, 11) is 0. The average Bonchev–Trinajstić information content (AvgIpc) is 3.30. The van der Waals surface area contributed by atoms with Gasteiger partial charge in [0.2, 0.25) is 0 Å². The molecule has 2 heterocycles. The highest BCUT2D eigenvalue weighted by Gasteiger charge is 2.24. The van der Waals surface area contributed by atoms with E-state index >= 15 is 0 Å². The van der Waals surface area contributed by atoms with Crippen molar-refractivity contribution in [2.45, 2.75) is 25.8 Å². The summed E-state index contributed by atoms with van der Waals surface area (Å²) in [5.74, 6) is -0.790. The molecule has 1 amide bonds. The van der Waals surface area contributed by atoms with E-state index in [1.165, 1.54) is 27.8 Å². The Morgan fingerprint density at radius 1 is 1.11 bits per heavy atom. The number of ether oxygens (including phenoxy) is 1. The molecular weight excluding hydrogens is 379 g/mol. The van der Waals surface area contributed by atoms with Gasteiger partial charge in [-0.05, 0) is 37.0 Å². The van der Waals surface area contributed by atoms with Gasteiger partial charge in [-0.15, -0.1) is 11.3 Å². The Hall–Kier alpha value is -2.25. The van der Waals surface area contributed by atoms with Gasteiger partial charge < -0.3 is 9.64 Å². The van der Waals surface area contributed by atoms with Crippen LogP contribution in [-0.2, 0) is 28.9 Å². The van der Waals surface area contributed by atoms with E-state index in [1.54, 1.807) is 17.0 Å². The van der Waals surface area contributed by atoms with Crippen molar-refractivity contribution in [3.63, 3.8) is 0 Å². The van der Waals surface area contributed by atoms with Crippen molar-refractivity contribution in [3.8, 4) is 0 Å². The van der Waals surface area contributed by atoms with Gasteiger partial charge in [0.25, 0.3) is 5.91 Å². The highest BCUT2D eigenvalue weighted by Crippen LogP contribution is 2.30. The Kier molecular flexibility index (Phi) is 5.73. The van der Waals surface area contributed by atoms with Crippen molar-refractivity contribution in [2.75, 3.05) is 32.8 Å². The minimum Gasteiger partial charge on any atom is -0.451 e. The monoisotopic (exact) mass is 402 g/mol. The molecule has 1 aromatic heterocycles. The van der Waals surface area contributed by atoms with Crippen molar-refractivity contribution >= 4 is 23.2 Å². The van der Waals surface area contributed by atoms with Crippen LogP contribution in [0.3, 0.4) is 0 Å². The van der Waals surface area contributed by atoms with Gasteiger partial charge in [-0.3, -0.25) is 9.69 Å². The van der Waals surface area contributed by atoms with E-state index in [2.05, 4.69) is 4.90 Å². The number of hydrogen-bond acceptors (Lipinski definition) is 5. The molecule has 0 spiro atoms. The third kappa shape index (κ3) is 4.25. The van der Waals surface area contributed by atoms with Gasteiger partial charge in [0.1, 0.15) is 10.7 Å². The Balaban J connectivity index is 1.22. The number of aryl methyl sites for hydroxylation is 2. The lowest BCUT2D eigenvalue weighted by Crippen LogP contribution is -2.49. The second kappa shape index (κ2) is 8.41. The highest BCUT2D eigenvalue weighted by atomic mass is 32.1. The molecule has 0 bridgehead atoms. The summed E-state index contributed by atoms with van der Waals surface area (Å²) >= 11 is 1.48. The molecule has 1 fully saturated rings. The number of carbonyl (C=O) groups is 2. The highest BCUT2D eigenvalue weighted by molar-refractivity contribution is 7.14. The number of thiophene rings is 1. The van der Waals surface area contributed by atoms with Crippen LogP contribution in [0.5, 0.6) is 0 Å². The van der Waals surface area contributed by atoms with Gasteiger partial charge in [0.05, 0.1) is 0 Å². The number of piperazine rings is 1. The summed E-state index contributed by atoms with van der Waals surface area (Å²) in [5, 5.41) is 0. The molecule has 2 aromatic rings. The van der Waals surface area contributed by atoms with Crippen molar-refractivity contribution in [2.24, 2.45) is 0 Å². The number of fused-ring (bicyclic) bond motifs is 1. The molecule has 0 radical (unpaired) electrons. The molecule has 5 nitrogen and oxygen atoms in total. The quantitative estimate of drug-likeness (QED) is 0.722. The van der Waals surface area contributed by atoms with Gasteiger partial charge in [0.15, 0.2) is 6.61 Å². The minimum absolute atomic E-state index is 0.178. The predicted molar refractivity (Wildman–Crippen MR) is 105 cm³/mol. The van der Waals surface area contributed by atoms with Crippen LogP contribution < -0.4 is 0 Å². The summed E-state index contributed by atoms with van der Waals surface area (Å²) in [4.78, 5) is 30.3. The standard InChI is InChI=1S/C21H23FN2O3S/c22-17-6-2-1-4-16(17)13-23-8-10-24(11-9-23)20(25)14-27-21(26)19-12-15-5-3-7-18(15)28-19/h1-2,4,6,12H,3,5,7-11,13-14H2. The van der Waals surface area contributed by atoms with E-state index in [4.69, 9.17) is 4.74 Å². The fourth-order valence-electron chi connectivity index (χ4n) is 3.74. The summed E-state index contributed by atoms with van der Waals surface area (Å²) in [6.45, 7) is 2.76. The fourth-order valence-corrected chi connectivity index (χ4v) is 4.89. The lowest BCUT2D eigenvalue weighted by Gasteiger charge is -2.34. The van der Waals surface area contributed by atoms with Crippen LogP contribution >= 0.6 is 11.3 Å². The average molecular weight is 402 g/mol. The Bertz CT molecular complexity index is 853. The summed E-state index contributed by atoms with van der Waals surface area (Å²) < 4.78 is 19.0. The van der Waals surface area contributed by atoms with E-state index in [1.807, 2.05) is 12.1 Å². The molecule has 0 atom stereocenters. The molecule has 1 aromatic carbocycles. The molecule has 4 rings (SSSR count). The van der Waals surface area contributed by atoms with Gasteiger partial charge in [-0.2, -0.15) is 0 Å². The summed E-state index contributed by atoms with van der Waals surface area (Å²) in [5.41, 5.74) is 1.91. The number of carbonyl (C=O) groups excluding carboxylic acids is 2. The second-order valence-electron chi connectivity index (χ2n) is 7.24. The van der Waals surface area contributed by atoms with Crippen LogP contribution in [0, 0.1) is 5.82 Å². The molecule has 1 saturated heterocycles. The predicted octanol–water partition coefficient (Wildman–Crippen LogP) is 2.88. The molecule has 1 aliphatic carbocycles. The van der Waals surface area contributed by atoms with Crippen molar-refractivity contribution in [1.29, 1.82) is 0 Å². The SMILES string of the molecule is O=C(OCC(=O)N1CCN(Cc2ccccc2F)CC1)c1cc2c(s1)CCC2. The molecular formula is C21H23FN2O3S. The normalized spacial score (nSPS) is 16.8. The van der Waals surface area contributed by atoms with E-state index in [0.717, 1.165) is 19.3 Å². The molecule has 0 saturated carbocycles. The lowest BCUT2D eigenvalue weighted by atomic mass is 10.2. The number of benzene rings is 1. The Labute approximate surface area is 167 Å². The molecule has 1 aliphatic heterocycles. The summed E-state index contributed by atoms with van der Waals surface area (Å²) in [6.07, 6.45) is 3.20. The first kappa shape index (κ1) is 19.1. The van der Waals surface area contributed by atoms with Gasteiger partial charge in [-0.25, -0.2) is 9.18 Å². The maximum atomic E-state index is 13.8. The number of nitrogens with zero attached hydrogens (tertiary/aromatic N) is 2. The van der Waals surface area contributed by atoms with Crippen molar-refractivity contribution < 1.29 is 18.7 Å². The number of halogens is 1. The Morgan fingerprint density at radius 3 is 2.64 bits per heavy atom. The molecule has 7 heteroatoms. The second-order valence-corrected chi connectivity index (χ2v) is 8.37. The van der Waals surface area contributed by atoms with Crippen LogP contribution in [0.25, 0.3) is 0 Å². The first-order chi connectivity index (χ1) is 13.6. The van der Waals surface area contributed by atoms with E-state index in [9.17, 15) is 14.0 Å². The number of rotatable bonds is 5. The van der Waals surface area contributed by atoms with Crippen LogP contribution in [0.1, 0.15) is 32.1 Å². The van der Waals surface area contributed by atoms with Gasteiger partial charge >= 0.3 is 5.97 Å². The number of hydrogen-bond donors (Lipinski definition) is 0. The number of amides is 1. The zero-order chi connectivity index (χ0) is 19.5. The van der Waals surface area contributed by atoms with E-state index in [-0.39, 0.29) is 18.3 Å². The van der Waals surface area contributed by atoms with Gasteiger partial charge in [0, 0.05) is 43.2 Å². The lowest BCUT2D eigenvalue weighted by molar-refractivity contribution is -0.136. The largest absolute Gasteiger partial charge is 0.451 e. The molecule has 2 aliphatic rings. The first-order valence-corrected chi connectivity index (χ1v) is 10.4. The molecule has 28 heavy (non-hydrogen) atoms. The third-order valence-electron chi connectivity index (χ3n) is 5.35. The summed E-state index contributed by atoms with van der Waals surface area (Å²) in [6, 6.07) is 8.66. The zero-order valence-corrected chi connectivity index (χ0v) is 16.5. The van der Waals surface area contributed by atoms with E-state index in [0.29, 0.717) is 43.2 Å². The number of esters is 1. The van der Waals surface area contributed by atoms with Crippen LogP contribution in [0.2, 0.25) is 0 Å². The van der Waals surface area contributed by atoms with Gasteiger partial charge in [-0.1, -0.05) is 18.2 Å². The van der Waals surface area contributed by atoms with Crippen molar-refractivity contribution in [1.82, 2.24) is 9.80 Å². The first-order valence-electron chi connectivity index (χ1n) is 9.62. The smallest absolute Gasteiger partial charge is 0.348 e. The van der Waals surface area contributed by atoms with E-state index < -0.39 is 5.97 Å². The fraction of sp³-hybridized carbons (Fsp3) is 0.429. The van der Waals surface area contributed by atoms with Crippen LogP contribution in [0.4, 0.5) is 4.39 Å². The van der Waals surface area contributed by atoms with Crippen LogP contribution in [0.15, 0.2) is 30.3 Å².